The van der Waals surface area contributed by atoms with E-state index in [-0.39, 0.29) is 0 Å². The molecule has 0 saturated heterocycles. The minimum absolute atomic E-state index is 0.626. The Morgan fingerprint density at radius 3 is 2.64 bits per heavy atom. The van der Waals surface area contributed by atoms with E-state index >= 15 is 0 Å². The second-order valence-electron chi connectivity index (χ2n) is 2.34. The zero-order chi connectivity index (χ0) is 8.53. The fraction of sp³-hybridized carbons (Fsp3) is 0.400. The molecule has 0 amide bonds. The van der Waals surface area contributed by atoms with Crippen molar-refractivity contribution in [3.63, 3.8) is 0 Å². The zero-order valence-electron chi connectivity index (χ0n) is 7.22. The van der Waals surface area contributed by atoms with E-state index in [9.17, 15) is 0 Å². The van der Waals surface area contributed by atoms with E-state index in [1.54, 1.807) is 0 Å². The average molecular weight is 151 g/mol. The second kappa shape index (κ2) is 7.29. The van der Waals surface area contributed by atoms with Crippen molar-refractivity contribution >= 4 is 0 Å². The second-order valence-corrected chi connectivity index (χ2v) is 2.34. The van der Waals surface area contributed by atoms with Gasteiger partial charge in [-0.15, -0.1) is 6.58 Å². The summed E-state index contributed by atoms with van der Waals surface area (Å²) in [4.78, 5) is 0. The number of rotatable bonds is 5. The van der Waals surface area contributed by atoms with Crippen molar-refractivity contribution in [1.29, 1.82) is 0 Å². The van der Waals surface area contributed by atoms with Crippen LogP contribution in [-0.2, 0) is 0 Å². The monoisotopic (exact) mass is 151 g/mol. The van der Waals surface area contributed by atoms with Crippen LogP contribution in [0.4, 0.5) is 0 Å². The molecule has 0 rings (SSSR count). The molecule has 0 heterocycles. The summed E-state index contributed by atoms with van der Waals surface area (Å²) in [6.07, 6.45) is 10.2. The van der Waals surface area contributed by atoms with Crippen molar-refractivity contribution in [1.82, 2.24) is 0 Å². The van der Waals surface area contributed by atoms with Crippen LogP contribution in [0.3, 0.4) is 0 Å². The van der Waals surface area contributed by atoms with Gasteiger partial charge >= 0.3 is 0 Å². The summed E-state index contributed by atoms with van der Waals surface area (Å²) in [6, 6.07) is 0. The molecule has 0 aliphatic heterocycles. The van der Waals surface area contributed by atoms with Gasteiger partial charge in [-0.3, -0.25) is 0 Å². The highest BCUT2D eigenvalue weighted by Crippen LogP contribution is 1.97. The molecule has 62 valence electrons. The molecular weight excluding hydrogens is 134 g/mol. The van der Waals surface area contributed by atoms with Crippen molar-refractivity contribution < 1.29 is 0 Å². The zero-order valence-corrected chi connectivity index (χ0v) is 7.22. The fourth-order valence-corrected chi connectivity index (χ4v) is 0.731. The normalized spacial score (nSPS) is 12.4. The van der Waals surface area contributed by atoms with Crippen LogP contribution in [0, 0.1) is 0 Å². The molecule has 2 N–H and O–H groups in total. The summed E-state index contributed by atoms with van der Waals surface area (Å²) in [6.45, 7) is 6.27. The molecule has 11 heavy (non-hydrogen) atoms. The molecule has 0 aromatic heterocycles. The Morgan fingerprint density at radius 1 is 1.45 bits per heavy atom. The fourth-order valence-electron chi connectivity index (χ4n) is 0.731. The van der Waals surface area contributed by atoms with Crippen molar-refractivity contribution in [2.24, 2.45) is 5.73 Å². The minimum atomic E-state index is 0.626. The molecule has 0 aromatic carbocycles. The number of allylic oxidation sites excluding steroid dienone is 3. The molecule has 0 spiro atoms. The average Bonchev–Trinajstić information content (AvgIpc) is 2.05. The summed E-state index contributed by atoms with van der Waals surface area (Å²) >= 11 is 0. The SMILES string of the molecule is C=CCC/C=C/C(=C/C)CN. The lowest BCUT2D eigenvalue weighted by Gasteiger charge is -1.93. The Morgan fingerprint density at radius 2 is 2.18 bits per heavy atom. The lowest BCUT2D eigenvalue weighted by Crippen LogP contribution is -1.99. The largest absolute Gasteiger partial charge is 0.327 e. The van der Waals surface area contributed by atoms with Crippen LogP contribution < -0.4 is 5.73 Å². The van der Waals surface area contributed by atoms with Crippen LogP contribution in [0.2, 0.25) is 0 Å². The molecule has 1 heteroatoms. The maximum atomic E-state index is 5.46. The Balaban J connectivity index is 3.62. The van der Waals surface area contributed by atoms with Crippen molar-refractivity contribution in [3.8, 4) is 0 Å². The first-order chi connectivity index (χ1) is 5.35. The maximum absolute atomic E-state index is 5.46. The molecule has 0 unspecified atom stereocenters. The first-order valence-corrected chi connectivity index (χ1v) is 3.97. The van der Waals surface area contributed by atoms with Gasteiger partial charge in [-0.2, -0.15) is 0 Å². The van der Waals surface area contributed by atoms with Crippen LogP contribution in [0.5, 0.6) is 0 Å². The van der Waals surface area contributed by atoms with Gasteiger partial charge in [-0.05, 0) is 25.3 Å². The summed E-state index contributed by atoms with van der Waals surface area (Å²) in [5.41, 5.74) is 6.65. The highest BCUT2D eigenvalue weighted by atomic mass is 14.5. The number of hydrogen-bond acceptors (Lipinski definition) is 1. The predicted molar refractivity (Wildman–Crippen MR) is 51.4 cm³/mol. The topological polar surface area (TPSA) is 26.0 Å². The molecule has 0 aromatic rings. The summed E-state index contributed by atoms with van der Waals surface area (Å²) in [5, 5.41) is 0. The Bertz CT molecular complexity index is 154. The first-order valence-electron chi connectivity index (χ1n) is 3.97. The van der Waals surface area contributed by atoms with Gasteiger partial charge in [0.2, 0.25) is 0 Å². The lowest BCUT2D eigenvalue weighted by molar-refractivity contribution is 1.05. The van der Waals surface area contributed by atoms with E-state index in [0.29, 0.717) is 6.54 Å². The Labute approximate surface area is 69.3 Å². The number of unbranched alkanes of at least 4 members (excludes halogenated alkanes) is 1. The van der Waals surface area contributed by atoms with Gasteiger partial charge in [0.15, 0.2) is 0 Å². The van der Waals surface area contributed by atoms with E-state index in [1.165, 1.54) is 5.57 Å². The van der Waals surface area contributed by atoms with E-state index in [4.69, 9.17) is 5.73 Å². The summed E-state index contributed by atoms with van der Waals surface area (Å²) in [7, 11) is 0. The molecule has 0 aliphatic rings. The highest BCUT2D eigenvalue weighted by Gasteiger charge is 1.82. The Kier molecular flexibility index (Phi) is 6.75. The van der Waals surface area contributed by atoms with Crippen LogP contribution in [-0.4, -0.2) is 6.54 Å². The minimum Gasteiger partial charge on any atom is -0.327 e. The Hall–Kier alpha value is -0.820. The quantitative estimate of drug-likeness (QED) is 0.364. The molecule has 0 atom stereocenters. The molecule has 0 radical (unpaired) electrons. The van der Waals surface area contributed by atoms with Crippen molar-refractivity contribution in [3.05, 3.63) is 36.5 Å². The summed E-state index contributed by atoms with van der Waals surface area (Å²) < 4.78 is 0. The molecule has 0 fully saturated rings. The molecule has 0 saturated carbocycles. The van der Waals surface area contributed by atoms with Gasteiger partial charge in [0.1, 0.15) is 0 Å². The number of hydrogen-bond donors (Lipinski definition) is 1. The van der Waals surface area contributed by atoms with Gasteiger partial charge in [0.05, 0.1) is 0 Å². The first kappa shape index (κ1) is 10.2. The van der Waals surface area contributed by atoms with Gasteiger partial charge in [-0.25, -0.2) is 0 Å². The molecule has 0 bridgehead atoms. The molecular formula is C10H17N. The van der Waals surface area contributed by atoms with Gasteiger partial charge in [0, 0.05) is 6.54 Å². The van der Waals surface area contributed by atoms with Crippen LogP contribution in [0.25, 0.3) is 0 Å². The predicted octanol–water partition coefficient (Wildman–Crippen LogP) is 2.41. The molecule has 1 nitrogen and oxygen atoms in total. The van der Waals surface area contributed by atoms with Crippen molar-refractivity contribution in [2.75, 3.05) is 6.54 Å². The van der Waals surface area contributed by atoms with Gasteiger partial charge < -0.3 is 5.73 Å². The van der Waals surface area contributed by atoms with E-state index in [1.807, 2.05) is 19.1 Å². The van der Waals surface area contributed by atoms with E-state index < -0.39 is 0 Å². The van der Waals surface area contributed by atoms with Crippen LogP contribution >= 0.6 is 0 Å². The third-order valence-electron chi connectivity index (χ3n) is 1.48. The molecule has 0 aliphatic carbocycles. The smallest absolute Gasteiger partial charge is 0.0174 e. The standard InChI is InChI=1S/C10H17N/c1-3-5-6-7-8-10(4-2)9-11/h3-4,7-8H,1,5-6,9,11H2,2H3/b8-7+,10-4-. The number of nitrogens with two attached hydrogens (primary N) is 1. The van der Waals surface area contributed by atoms with Crippen LogP contribution in [0.15, 0.2) is 36.5 Å². The third-order valence-corrected chi connectivity index (χ3v) is 1.48. The summed E-state index contributed by atoms with van der Waals surface area (Å²) in [5.74, 6) is 0. The van der Waals surface area contributed by atoms with E-state index in [2.05, 4.69) is 18.7 Å². The highest BCUT2D eigenvalue weighted by molar-refractivity contribution is 5.18. The van der Waals surface area contributed by atoms with E-state index in [0.717, 1.165) is 12.8 Å². The van der Waals surface area contributed by atoms with Crippen molar-refractivity contribution in [2.45, 2.75) is 19.8 Å². The third kappa shape index (κ3) is 5.62. The van der Waals surface area contributed by atoms with Crippen LogP contribution in [0.1, 0.15) is 19.8 Å². The maximum Gasteiger partial charge on any atom is 0.0174 e. The van der Waals surface area contributed by atoms with Gasteiger partial charge in [-0.1, -0.05) is 24.3 Å². The van der Waals surface area contributed by atoms with Gasteiger partial charge in [0.25, 0.3) is 0 Å². The lowest BCUT2D eigenvalue weighted by atomic mass is 10.2.